The number of pyridine rings is 1. The fourth-order valence-electron chi connectivity index (χ4n) is 7.87. The van der Waals surface area contributed by atoms with Crippen molar-refractivity contribution >= 4 is 63.0 Å². The molecule has 7 aromatic carbocycles. The number of hydrogen-bond donors (Lipinski definition) is 0. The first kappa shape index (κ1) is 32.6. The highest BCUT2D eigenvalue weighted by molar-refractivity contribution is 7.26. The number of aromatic nitrogens is 3. The van der Waals surface area contributed by atoms with Gasteiger partial charge in [0.1, 0.15) is 0 Å². The minimum atomic E-state index is 0.642. The van der Waals surface area contributed by atoms with E-state index in [0.29, 0.717) is 5.82 Å². The Hall–Kier alpha value is -6.79. The third-order valence-corrected chi connectivity index (χ3v) is 13.0. The summed E-state index contributed by atoms with van der Waals surface area (Å²) >= 11 is 3.72. The second-order valence-corrected chi connectivity index (χ2v) is 16.1. The molecule has 11 rings (SSSR count). The lowest BCUT2D eigenvalue weighted by molar-refractivity contribution is 1.17. The van der Waals surface area contributed by atoms with E-state index in [0.717, 1.165) is 39.2 Å². The average Bonchev–Trinajstić information content (AvgIpc) is 3.86. The SMILES string of the molecule is c1ccc(-c2ccc(-c3cc(-c4cc(-c5cccc6c5sc5ccccc56)cc(-c5cccc6c5sc5ccccc56)c4)nc(-c4cccnc4)n3)cc2)cc1. The Bertz CT molecular complexity index is 3110. The van der Waals surface area contributed by atoms with E-state index in [-0.39, 0.29) is 0 Å². The van der Waals surface area contributed by atoms with Gasteiger partial charge in [-0.25, -0.2) is 9.97 Å². The zero-order chi connectivity index (χ0) is 37.0. The van der Waals surface area contributed by atoms with Gasteiger partial charge in [-0.3, -0.25) is 4.98 Å². The Morgan fingerprint density at radius 3 is 1.45 bits per heavy atom. The zero-order valence-corrected chi connectivity index (χ0v) is 31.7. The van der Waals surface area contributed by atoms with Crippen LogP contribution >= 0.6 is 22.7 Å². The van der Waals surface area contributed by atoms with Gasteiger partial charge in [-0.1, -0.05) is 127 Å². The molecule has 0 spiro atoms. The van der Waals surface area contributed by atoms with Crippen LogP contribution in [-0.2, 0) is 0 Å². The quantitative estimate of drug-likeness (QED) is 0.170. The topological polar surface area (TPSA) is 38.7 Å². The predicted molar refractivity (Wildman–Crippen MR) is 238 cm³/mol. The minimum absolute atomic E-state index is 0.642. The van der Waals surface area contributed by atoms with Crippen molar-refractivity contribution in [2.45, 2.75) is 0 Å². The Morgan fingerprint density at radius 1 is 0.339 bits per heavy atom. The van der Waals surface area contributed by atoms with E-state index in [9.17, 15) is 0 Å². The van der Waals surface area contributed by atoms with Gasteiger partial charge in [0, 0.05) is 69.4 Å². The summed E-state index contributed by atoms with van der Waals surface area (Å²) in [4.78, 5) is 14.9. The van der Waals surface area contributed by atoms with Crippen molar-refractivity contribution in [3.63, 3.8) is 0 Å². The van der Waals surface area contributed by atoms with Gasteiger partial charge in [0.15, 0.2) is 5.82 Å². The molecule has 0 fully saturated rings. The molecule has 0 aliphatic carbocycles. The lowest BCUT2D eigenvalue weighted by atomic mass is 9.93. The maximum atomic E-state index is 5.28. The summed E-state index contributed by atoms with van der Waals surface area (Å²) in [7, 11) is 0. The van der Waals surface area contributed by atoms with Crippen LogP contribution in [0.15, 0.2) is 188 Å². The van der Waals surface area contributed by atoms with Crippen molar-refractivity contribution in [1.82, 2.24) is 15.0 Å². The molecule has 4 heterocycles. The molecular formula is C51H31N3S2. The maximum absolute atomic E-state index is 5.28. The summed E-state index contributed by atoms with van der Waals surface area (Å²) in [6.07, 6.45) is 3.63. The largest absolute Gasteiger partial charge is 0.264 e. The molecule has 0 unspecified atom stereocenters. The highest BCUT2D eigenvalue weighted by Crippen LogP contribution is 2.45. The number of fused-ring (bicyclic) bond motifs is 6. The molecule has 0 saturated carbocycles. The fourth-order valence-corrected chi connectivity index (χ4v) is 10.3. The molecule has 3 nitrogen and oxygen atoms in total. The van der Waals surface area contributed by atoms with Crippen LogP contribution in [0, 0.1) is 0 Å². The van der Waals surface area contributed by atoms with E-state index in [1.165, 1.54) is 62.6 Å². The molecule has 0 N–H and O–H groups in total. The summed E-state index contributed by atoms with van der Waals surface area (Å²) in [5.41, 5.74) is 11.7. The summed E-state index contributed by atoms with van der Waals surface area (Å²) < 4.78 is 5.16. The lowest BCUT2D eigenvalue weighted by Gasteiger charge is -2.14. The van der Waals surface area contributed by atoms with Gasteiger partial charge in [-0.15, -0.1) is 22.7 Å². The van der Waals surface area contributed by atoms with Crippen molar-refractivity contribution in [3.8, 4) is 67.3 Å². The molecule has 56 heavy (non-hydrogen) atoms. The average molecular weight is 750 g/mol. The van der Waals surface area contributed by atoms with E-state index in [4.69, 9.17) is 9.97 Å². The lowest BCUT2D eigenvalue weighted by Crippen LogP contribution is -1.97. The number of benzene rings is 7. The Kier molecular flexibility index (Phi) is 7.87. The molecule has 0 radical (unpaired) electrons. The van der Waals surface area contributed by atoms with Gasteiger partial charge in [0.25, 0.3) is 0 Å². The highest BCUT2D eigenvalue weighted by Gasteiger charge is 2.18. The predicted octanol–water partition coefficient (Wildman–Crippen LogP) is 14.6. The van der Waals surface area contributed by atoms with E-state index in [1.54, 1.807) is 6.20 Å². The first-order chi connectivity index (χ1) is 27.7. The molecule has 262 valence electrons. The second kappa shape index (κ2) is 13.5. The first-order valence-electron chi connectivity index (χ1n) is 18.7. The van der Waals surface area contributed by atoms with E-state index >= 15 is 0 Å². The summed E-state index contributed by atoms with van der Waals surface area (Å²) in [6.45, 7) is 0. The van der Waals surface area contributed by atoms with Gasteiger partial charge in [0.05, 0.1) is 11.4 Å². The summed E-state index contributed by atoms with van der Waals surface area (Å²) in [5.74, 6) is 0.642. The molecular weight excluding hydrogens is 719 g/mol. The van der Waals surface area contributed by atoms with Gasteiger partial charge in [0.2, 0.25) is 0 Å². The highest BCUT2D eigenvalue weighted by atomic mass is 32.1. The summed E-state index contributed by atoms with van der Waals surface area (Å²) in [5, 5.41) is 5.15. The maximum Gasteiger partial charge on any atom is 0.161 e. The third kappa shape index (κ3) is 5.68. The molecule has 0 saturated heterocycles. The molecule has 0 atom stereocenters. The standard InChI is InChI=1S/C51H31N3S2/c1-2-11-32(12-3-1)33-22-24-34(25-23-33)45-30-46(54-51(53-45)35-13-10-26-52-31-35)38-28-36(39-16-8-18-43-41-14-4-6-20-47(41)55-49(39)43)27-37(29-38)40-17-9-19-44-42-15-5-7-21-48(42)56-50(40)44/h1-31H. The second-order valence-electron chi connectivity index (χ2n) is 14.0. The zero-order valence-electron chi connectivity index (χ0n) is 30.1. The number of rotatable bonds is 6. The van der Waals surface area contributed by atoms with Crippen molar-refractivity contribution < 1.29 is 0 Å². The van der Waals surface area contributed by atoms with Crippen LogP contribution in [0.2, 0.25) is 0 Å². The van der Waals surface area contributed by atoms with Crippen molar-refractivity contribution in [3.05, 3.63) is 188 Å². The van der Waals surface area contributed by atoms with Crippen molar-refractivity contribution in [2.75, 3.05) is 0 Å². The Labute approximate surface area is 331 Å². The smallest absolute Gasteiger partial charge is 0.161 e. The van der Waals surface area contributed by atoms with Gasteiger partial charge in [-0.05, 0) is 81.9 Å². The van der Waals surface area contributed by atoms with E-state index in [1.807, 2.05) is 47.1 Å². The van der Waals surface area contributed by atoms with Crippen LogP contribution in [-0.4, -0.2) is 15.0 Å². The molecule has 0 bridgehead atoms. The summed E-state index contributed by atoms with van der Waals surface area (Å²) in [6, 6.07) is 63.1. The third-order valence-electron chi connectivity index (χ3n) is 10.6. The van der Waals surface area contributed by atoms with Crippen LogP contribution in [0.3, 0.4) is 0 Å². The normalized spacial score (nSPS) is 11.6. The molecule has 11 aromatic rings. The van der Waals surface area contributed by atoms with Crippen molar-refractivity contribution in [1.29, 1.82) is 0 Å². The van der Waals surface area contributed by atoms with E-state index < -0.39 is 0 Å². The molecule has 0 amide bonds. The number of thiophene rings is 2. The van der Waals surface area contributed by atoms with Gasteiger partial charge >= 0.3 is 0 Å². The van der Waals surface area contributed by atoms with Crippen molar-refractivity contribution in [2.24, 2.45) is 0 Å². The Morgan fingerprint density at radius 2 is 0.839 bits per heavy atom. The van der Waals surface area contributed by atoms with Gasteiger partial charge < -0.3 is 0 Å². The van der Waals surface area contributed by atoms with E-state index in [2.05, 4.69) is 163 Å². The molecule has 5 heteroatoms. The van der Waals surface area contributed by atoms with Crippen LogP contribution in [0.5, 0.6) is 0 Å². The molecule has 0 aliphatic rings. The Balaban J connectivity index is 1.15. The first-order valence-corrected chi connectivity index (χ1v) is 20.3. The van der Waals surface area contributed by atoms with Crippen LogP contribution in [0.4, 0.5) is 0 Å². The van der Waals surface area contributed by atoms with Crippen LogP contribution in [0.1, 0.15) is 0 Å². The number of hydrogen-bond acceptors (Lipinski definition) is 5. The van der Waals surface area contributed by atoms with Crippen LogP contribution < -0.4 is 0 Å². The molecule has 0 aliphatic heterocycles. The van der Waals surface area contributed by atoms with Gasteiger partial charge in [-0.2, -0.15) is 0 Å². The molecule has 4 aromatic heterocycles. The fraction of sp³-hybridized carbons (Fsp3) is 0. The minimum Gasteiger partial charge on any atom is -0.264 e. The number of nitrogens with zero attached hydrogens (tertiary/aromatic N) is 3. The van der Waals surface area contributed by atoms with Crippen LogP contribution in [0.25, 0.3) is 108 Å². The monoisotopic (exact) mass is 749 g/mol.